The molecule has 5 heteroatoms. The molecule has 0 aliphatic carbocycles. The smallest absolute Gasteiger partial charge is 0.303 e. The van der Waals surface area contributed by atoms with Crippen molar-refractivity contribution in [2.75, 3.05) is 18.6 Å². The van der Waals surface area contributed by atoms with Crippen LogP contribution in [0.5, 0.6) is 5.88 Å². The molecule has 0 amide bonds. The fourth-order valence-electron chi connectivity index (χ4n) is 2.98. The molecule has 5 nitrogen and oxygen atoms in total. The highest BCUT2D eigenvalue weighted by molar-refractivity contribution is 5.71. The maximum atomic E-state index is 10.7. The molecule has 144 valence electrons. The van der Waals surface area contributed by atoms with Gasteiger partial charge in [-0.2, -0.15) is 0 Å². The van der Waals surface area contributed by atoms with Crippen LogP contribution in [0.15, 0.2) is 66.7 Å². The summed E-state index contributed by atoms with van der Waals surface area (Å²) in [6, 6.07) is 21.9. The monoisotopic (exact) mass is 376 g/mol. The first-order valence-electron chi connectivity index (χ1n) is 9.32. The molecule has 0 bridgehead atoms. The summed E-state index contributed by atoms with van der Waals surface area (Å²) in [6.07, 6.45) is 0.658. The van der Waals surface area contributed by atoms with E-state index in [1.807, 2.05) is 85.6 Å². The molecule has 0 aliphatic rings. The lowest BCUT2D eigenvalue weighted by Crippen LogP contribution is -2.12. The van der Waals surface area contributed by atoms with Crippen molar-refractivity contribution < 1.29 is 14.6 Å². The lowest BCUT2D eigenvalue weighted by atomic mass is 10.1. The molecule has 28 heavy (non-hydrogen) atoms. The van der Waals surface area contributed by atoms with Crippen molar-refractivity contribution in [3.05, 3.63) is 72.3 Å². The topological polar surface area (TPSA) is 62.7 Å². The van der Waals surface area contributed by atoms with Crippen molar-refractivity contribution in [1.82, 2.24) is 4.98 Å². The van der Waals surface area contributed by atoms with E-state index in [4.69, 9.17) is 14.8 Å². The Balaban J connectivity index is 1.86. The molecule has 1 heterocycles. The first-order chi connectivity index (χ1) is 13.6. The largest absolute Gasteiger partial charge is 0.481 e. The zero-order chi connectivity index (χ0) is 19.9. The van der Waals surface area contributed by atoms with Crippen LogP contribution in [0.3, 0.4) is 0 Å². The van der Waals surface area contributed by atoms with Gasteiger partial charge in [0.1, 0.15) is 5.69 Å². The number of rotatable bonds is 8. The minimum absolute atomic E-state index is 0.133. The number of aromatic nitrogens is 1. The summed E-state index contributed by atoms with van der Waals surface area (Å²) >= 11 is 0. The van der Waals surface area contributed by atoms with Crippen LogP contribution in [-0.2, 0) is 11.2 Å². The van der Waals surface area contributed by atoms with Crippen LogP contribution in [0.2, 0.25) is 0 Å². The quantitative estimate of drug-likeness (QED) is 0.604. The predicted molar refractivity (Wildman–Crippen MR) is 111 cm³/mol. The van der Waals surface area contributed by atoms with E-state index in [0.29, 0.717) is 18.9 Å². The summed E-state index contributed by atoms with van der Waals surface area (Å²) in [5, 5.41) is 8.82. The maximum Gasteiger partial charge on any atom is 0.303 e. The Morgan fingerprint density at radius 2 is 1.75 bits per heavy atom. The molecule has 3 aromatic rings. The number of ether oxygens (including phenoxy) is 1. The maximum absolute atomic E-state index is 10.7. The Bertz CT molecular complexity index is 924. The highest BCUT2D eigenvalue weighted by Gasteiger charge is 2.14. The third-order valence-corrected chi connectivity index (χ3v) is 4.50. The normalized spacial score (nSPS) is 10.5. The number of carboxylic acid groups (broad SMARTS) is 1. The molecule has 1 aromatic heterocycles. The number of pyridine rings is 1. The van der Waals surface area contributed by atoms with E-state index in [1.54, 1.807) is 0 Å². The van der Waals surface area contributed by atoms with Gasteiger partial charge in [0.25, 0.3) is 0 Å². The van der Waals surface area contributed by atoms with Crippen molar-refractivity contribution in [1.29, 1.82) is 0 Å². The number of hydrogen-bond donors (Lipinski definition) is 1. The molecule has 0 fully saturated rings. The van der Waals surface area contributed by atoms with Crippen molar-refractivity contribution in [3.63, 3.8) is 0 Å². The second-order valence-electron chi connectivity index (χ2n) is 6.44. The van der Waals surface area contributed by atoms with E-state index in [9.17, 15) is 4.79 Å². The third kappa shape index (κ3) is 4.68. The molecular weight excluding hydrogens is 352 g/mol. The van der Waals surface area contributed by atoms with Crippen LogP contribution in [0.1, 0.15) is 18.9 Å². The summed E-state index contributed by atoms with van der Waals surface area (Å²) in [4.78, 5) is 17.5. The average molecular weight is 376 g/mol. The fourth-order valence-corrected chi connectivity index (χ4v) is 2.98. The van der Waals surface area contributed by atoms with E-state index in [1.165, 1.54) is 0 Å². The van der Waals surface area contributed by atoms with Crippen molar-refractivity contribution in [2.45, 2.75) is 19.8 Å². The van der Waals surface area contributed by atoms with Crippen molar-refractivity contribution in [2.24, 2.45) is 0 Å². The van der Waals surface area contributed by atoms with Crippen LogP contribution in [0.4, 0.5) is 11.4 Å². The van der Waals surface area contributed by atoms with Gasteiger partial charge in [-0.1, -0.05) is 42.5 Å². The van der Waals surface area contributed by atoms with Gasteiger partial charge in [0.15, 0.2) is 0 Å². The van der Waals surface area contributed by atoms with Gasteiger partial charge in [0.2, 0.25) is 5.88 Å². The van der Waals surface area contributed by atoms with Crippen LogP contribution in [0, 0.1) is 0 Å². The number of aliphatic carboxylic acids is 1. The molecular formula is C23H24N2O3. The Morgan fingerprint density at radius 3 is 2.39 bits per heavy atom. The highest BCUT2D eigenvalue weighted by Crippen LogP contribution is 2.33. The van der Waals surface area contributed by atoms with Gasteiger partial charge in [-0.05, 0) is 43.2 Å². The van der Waals surface area contributed by atoms with E-state index in [0.717, 1.165) is 28.2 Å². The Labute approximate surface area is 165 Å². The van der Waals surface area contributed by atoms with Gasteiger partial charge in [0.05, 0.1) is 12.3 Å². The first-order valence-corrected chi connectivity index (χ1v) is 9.32. The van der Waals surface area contributed by atoms with Gasteiger partial charge in [-0.15, -0.1) is 0 Å². The number of carboxylic acids is 1. The predicted octanol–water partition coefficient (Wildman–Crippen LogP) is 4.93. The zero-order valence-corrected chi connectivity index (χ0v) is 16.1. The Hall–Kier alpha value is -3.34. The summed E-state index contributed by atoms with van der Waals surface area (Å²) in [5.41, 5.74) is 4.77. The molecule has 3 rings (SSSR count). The minimum atomic E-state index is -0.785. The summed E-state index contributed by atoms with van der Waals surface area (Å²) < 4.78 is 5.81. The highest BCUT2D eigenvalue weighted by atomic mass is 16.5. The molecule has 0 radical (unpaired) electrons. The van der Waals surface area contributed by atoms with Crippen LogP contribution in [-0.4, -0.2) is 29.7 Å². The number of carbonyl (C=O) groups is 1. The number of hydrogen-bond acceptors (Lipinski definition) is 4. The van der Waals surface area contributed by atoms with E-state index in [-0.39, 0.29) is 6.42 Å². The lowest BCUT2D eigenvalue weighted by molar-refractivity contribution is -0.136. The van der Waals surface area contributed by atoms with E-state index < -0.39 is 5.97 Å². The molecule has 0 atom stereocenters. The van der Waals surface area contributed by atoms with E-state index >= 15 is 0 Å². The molecule has 0 unspecified atom stereocenters. The summed E-state index contributed by atoms with van der Waals surface area (Å²) in [6.45, 7) is 2.47. The SMILES string of the molecule is CCOc1nc(-c2ccccc2)ccc1N(C)c1ccc(CCC(=O)O)cc1. The Kier molecular flexibility index (Phi) is 6.27. The molecule has 0 saturated heterocycles. The number of benzene rings is 2. The Morgan fingerprint density at radius 1 is 1.04 bits per heavy atom. The summed E-state index contributed by atoms with van der Waals surface area (Å²) in [5.74, 6) is -0.201. The average Bonchev–Trinajstić information content (AvgIpc) is 2.73. The second-order valence-corrected chi connectivity index (χ2v) is 6.44. The van der Waals surface area contributed by atoms with Gasteiger partial charge in [-0.25, -0.2) is 4.98 Å². The molecule has 0 saturated carbocycles. The van der Waals surface area contributed by atoms with E-state index in [2.05, 4.69) is 0 Å². The van der Waals surface area contributed by atoms with Crippen LogP contribution >= 0.6 is 0 Å². The lowest BCUT2D eigenvalue weighted by Gasteiger charge is -2.22. The molecule has 1 N–H and O–H groups in total. The van der Waals surface area contributed by atoms with Crippen LogP contribution < -0.4 is 9.64 Å². The van der Waals surface area contributed by atoms with Gasteiger partial charge < -0.3 is 14.7 Å². The van der Waals surface area contributed by atoms with Gasteiger partial charge in [0, 0.05) is 24.7 Å². The summed E-state index contributed by atoms with van der Waals surface area (Å²) in [7, 11) is 1.97. The van der Waals surface area contributed by atoms with Crippen LogP contribution in [0.25, 0.3) is 11.3 Å². The molecule has 2 aromatic carbocycles. The number of anilines is 2. The minimum Gasteiger partial charge on any atom is -0.481 e. The number of nitrogens with zero attached hydrogens (tertiary/aromatic N) is 2. The van der Waals surface area contributed by atoms with Crippen molar-refractivity contribution in [3.8, 4) is 17.1 Å². The van der Waals surface area contributed by atoms with Gasteiger partial charge in [-0.3, -0.25) is 4.79 Å². The first kappa shape index (κ1) is 19.4. The standard InChI is InChI=1S/C23H24N2O3/c1-3-28-23-21(15-14-20(24-23)18-7-5-4-6-8-18)25(2)19-12-9-17(10-13-19)11-16-22(26)27/h4-10,12-15H,3,11,16H2,1-2H3,(H,26,27). The zero-order valence-electron chi connectivity index (χ0n) is 16.1. The second kappa shape index (κ2) is 9.04. The fraction of sp³-hybridized carbons (Fsp3) is 0.217. The number of aryl methyl sites for hydroxylation is 1. The molecule has 0 aliphatic heterocycles. The third-order valence-electron chi connectivity index (χ3n) is 4.50. The molecule has 0 spiro atoms. The van der Waals surface area contributed by atoms with Gasteiger partial charge >= 0.3 is 5.97 Å². The van der Waals surface area contributed by atoms with Crippen molar-refractivity contribution >= 4 is 17.3 Å².